The maximum absolute atomic E-state index is 12.0. The summed E-state index contributed by atoms with van der Waals surface area (Å²) in [5, 5.41) is 48.4. The number of hydrogen-bond donors (Lipinski definition) is 6. The largest absolute Gasteiger partial charge is 1.00 e. The molecule has 2 aliphatic heterocycles. The Morgan fingerprint density at radius 2 is 1.68 bits per heavy atom. The molecule has 2 fully saturated rings. The van der Waals surface area contributed by atoms with Gasteiger partial charge in [-0.15, -0.1) is 0 Å². The van der Waals surface area contributed by atoms with Gasteiger partial charge < -0.3 is 49.3 Å². The number of phosphoric ester groups is 2. The third-order valence-corrected chi connectivity index (χ3v) is 7.87. The van der Waals surface area contributed by atoms with Gasteiger partial charge in [0.05, 0.1) is 19.3 Å². The fourth-order valence-corrected chi connectivity index (χ4v) is 5.53. The van der Waals surface area contributed by atoms with E-state index in [1.54, 1.807) is 0 Å². The molecular formula is C16H24N2Na2O16P2. The van der Waals surface area contributed by atoms with Gasteiger partial charge in [-0.05, 0) is 6.92 Å². The number of ether oxygens (including phenoxy) is 2. The Kier molecular flexibility index (Phi) is 14.2. The molecule has 18 nitrogen and oxygen atoms in total. The molecule has 2 saturated heterocycles. The van der Waals surface area contributed by atoms with Crippen LogP contribution in [0, 0.1) is 6.92 Å². The number of rotatable bonds is 9. The number of H-pyrrole nitrogens is 1. The molecule has 1 aromatic heterocycles. The average Bonchev–Trinajstić information content (AvgIpc) is 3.14. The van der Waals surface area contributed by atoms with Crippen molar-refractivity contribution in [3.05, 3.63) is 32.6 Å². The molecule has 2 unspecified atom stereocenters. The molecule has 22 heteroatoms. The van der Waals surface area contributed by atoms with Crippen molar-refractivity contribution >= 4 is 15.6 Å². The third kappa shape index (κ3) is 9.08. The maximum Gasteiger partial charge on any atom is 1.00 e. The van der Waals surface area contributed by atoms with Gasteiger partial charge in [-0.3, -0.25) is 28.0 Å². The second-order valence-electron chi connectivity index (χ2n) is 7.99. The van der Waals surface area contributed by atoms with E-state index in [2.05, 4.69) is 13.4 Å². The zero-order valence-corrected chi connectivity index (χ0v) is 26.2. The van der Waals surface area contributed by atoms with Crippen molar-refractivity contribution in [2.24, 2.45) is 0 Å². The molecule has 10 atom stereocenters. The predicted molar refractivity (Wildman–Crippen MR) is 108 cm³/mol. The molecule has 38 heavy (non-hydrogen) atoms. The molecule has 0 saturated carbocycles. The molecule has 0 aliphatic carbocycles. The van der Waals surface area contributed by atoms with E-state index in [1.807, 2.05) is 4.98 Å². The summed E-state index contributed by atoms with van der Waals surface area (Å²) in [5.41, 5.74) is -1.32. The first-order valence-electron chi connectivity index (χ1n) is 10.3. The molecule has 1 aromatic rings. The van der Waals surface area contributed by atoms with E-state index < -0.39 is 89.2 Å². The first-order valence-corrected chi connectivity index (χ1v) is 13.2. The number of aromatic nitrogens is 2. The van der Waals surface area contributed by atoms with Crippen LogP contribution in [0.2, 0.25) is 0 Å². The van der Waals surface area contributed by atoms with Crippen molar-refractivity contribution in [2.45, 2.75) is 62.5 Å². The van der Waals surface area contributed by atoms with Crippen LogP contribution in [0.25, 0.3) is 0 Å². The molecule has 6 N–H and O–H groups in total. The number of nitrogens with zero attached hydrogens (tertiary/aromatic N) is 1. The van der Waals surface area contributed by atoms with Crippen LogP contribution in [0.1, 0.15) is 18.2 Å². The van der Waals surface area contributed by atoms with E-state index in [0.29, 0.717) is 0 Å². The molecular weight excluding hydrogens is 584 g/mol. The van der Waals surface area contributed by atoms with Gasteiger partial charge in [-0.25, -0.2) is 9.11 Å². The molecule has 0 amide bonds. The standard InChI is InChI=1S/C16H26N2O16P2.2Na/c1-6-3-18(16(25)17-14(6)24)10-2-7(20)9(31-10)5-30-35(26,27)34-36(28,29)33-15-13(23)12(22)11(21)8(4-19)32-15;;/h3,7-13,15,19-23H,2,4-5H2,1H3,(H,26,27)(H,28,29)(H,17,24,25);;/q;2*+1/p-2/t7-,8+,9+,10+,11+,12-,13+,15+;;/m0../s1. The van der Waals surface area contributed by atoms with Crippen LogP contribution in [0.4, 0.5) is 0 Å². The van der Waals surface area contributed by atoms with Crippen LogP contribution < -0.4 is 80.2 Å². The summed E-state index contributed by atoms with van der Waals surface area (Å²) in [6, 6.07) is 0. The van der Waals surface area contributed by atoms with Gasteiger partial charge in [0.2, 0.25) is 0 Å². The minimum atomic E-state index is -5.85. The van der Waals surface area contributed by atoms with Crippen LogP contribution in [-0.2, 0) is 32.0 Å². The van der Waals surface area contributed by atoms with E-state index >= 15 is 0 Å². The van der Waals surface area contributed by atoms with Crippen LogP contribution in [-0.4, -0.2) is 91.2 Å². The van der Waals surface area contributed by atoms with E-state index in [9.17, 15) is 48.9 Å². The number of aliphatic hydroxyl groups is 5. The Labute approximate surface area is 258 Å². The quantitative estimate of drug-likeness (QED) is 0.112. The normalized spacial score (nSPS) is 34.4. The van der Waals surface area contributed by atoms with Crippen LogP contribution >= 0.6 is 15.6 Å². The van der Waals surface area contributed by atoms with Gasteiger partial charge in [0.25, 0.3) is 21.2 Å². The first-order chi connectivity index (χ1) is 16.6. The minimum absolute atomic E-state index is 0. The average molecular weight is 608 g/mol. The second kappa shape index (κ2) is 14.7. The van der Waals surface area contributed by atoms with E-state index in [4.69, 9.17) is 14.6 Å². The van der Waals surface area contributed by atoms with Crippen LogP contribution in [0.3, 0.4) is 0 Å². The van der Waals surface area contributed by atoms with E-state index in [-0.39, 0.29) is 71.1 Å². The van der Waals surface area contributed by atoms with Crippen molar-refractivity contribution in [3.8, 4) is 0 Å². The molecule has 0 radical (unpaired) electrons. The maximum atomic E-state index is 12.0. The summed E-state index contributed by atoms with van der Waals surface area (Å²) in [6.07, 6.45) is -12.7. The SMILES string of the molecule is Cc1cn([C@H]2C[C@H](O)[C@@H](COP(=O)([O-])OP(=O)([O-])O[C@H]3O[C@H](CO)[C@@H](O)[C@H](O)[C@H]3O)O2)c(=O)[nH]c1=O.[Na+].[Na+]. The Bertz CT molecular complexity index is 1150. The molecule has 0 spiro atoms. The van der Waals surface area contributed by atoms with Crippen LogP contribution in [0.15, 0.2) is 15.8 Å². The van der Waals surface area contributed by atoms with E-state index in [1.165, 1.54) is 13.1 Å². The summed E-state index contributed by atoms with van der Waals surface area (Å²) < 4.78 is 47.8. The minimum Gasteiger partial charge on any atom is -0.756 e. The monoisotopic (exact) mass is 608 g/mol. The summed E-state index contributed by atoms with van der Waals surface area (Å²) >= 11 is 0. The van der Waals surface area contributed by atoms with Gasteiger partial charge in [0.15, 0.2) is 6.29 Å². The Morgan fingerprint density at radius 1 is 1.05 bits per heavy atom. The zero-order chi connectivity index (χ0) is 27.0. The van der Waals surface area contributed by atoms with Gasteiger partial charge in [0, 0.05) is 18.2 Å². The molecule has 0 bridgehead atoms. The summed E-state index contributed by atoms with van der Waals surface area (Å²) in [4.78, 5) is 49.6. The van der Waals surface area contributed by atoms with Gasteiger partial charge in [-0.1, -0.05) is 0 Å². The summed E-state index contributed by atoms with van der Waals surface area (Å²) in [7, 11) is -11.6. The van der Waals surface area contributed by atoms with Crippen LogP contribution in [0.5, 0.6) is 0 Å². The Morgan fingerprint density at radius 3 is 2.29 bits per heavy atom. The molecule has 206 valence electrons. The summed E-state index contributed by atoms with van der Waals surface area (Å²) in [5.74, 6) is 0. The van der Waals surface area contributed by atoms with Gasteiger partial charge in [-0.2, -0.15) is 0 Å². The van der Waals surface area contributed by atoms with Crippen molar-refractivity contribution in [1.29, 1.82) is 0 Å². The Hall–Kier alpha value is 0.660. The third-order valence-electron chi connectivity index (χ3n) is 5.34. The number of aromatic amines is 1. The molecule has 2 aliphatic rings. The fourth-order valence-electron chi connectivity index (χ4n) is 3.45. The fraction of sp³-hybridized carbons (Fsp3) is 0.750. The second-order valence-corrected chi connectivity index (χ2v) is 10.9. The number of aryl methyl sites for hydroxylation is 1. The smallest absolute Gasteiger partial charge is 0.756 e. The zero-order valence-electron chi connectivity index (χ0n) is 20.4. The molecule has 3 rings (SSSR count). The van der Waals surface area contributed by atoms with Gasteiger partial charge in [0.1, 0.15) is 36.7 Å². The molecule has 0 aromatic carbocycles. The van der Waals surface area contributed by atoms with Crippen molar-refractivity contribution in [1.82, 2.24) is 9.55 Å². The van der Waals surface area contributed by atoms with Crippen molar-refractivity contribution in [2.75, 3.05) is 13.2 Å². The predicted octanol–water partition coefficient (Wildman–Crippen LogP) is -10.7. The number of phosphoric acid groups is 2. The van der Waals surface area contributed by atoms with Crippen molar-refractivity contribution in [3.63, 3.8) is 0 Å². The topological polar surface area (TPSA) is 282 Å². The van der Waals surface area contributed by atoms with E-state index in [0.717, 1.165) is 4.57 Å². The summed E-state index contributed by atoms with van der Waals surface area (Å²) in [6.45, 7) is -0.442. The number of hydrogen-bond acceptors (Lipinski definition) is 16. The number of aliphatic hydroxyl groups excluding tert-OH is 5. The Balaban J connectivity index is 0.00000361. The number of nitrogens with one attached hydrogen (secondary N) is 1. The van der Waals surface area contributed by atoms with Gasteiger partial charge >= 0.3 is 64.8 Å². The first kappa shape index (κ1) is 36.7. The van der Waals surface area contributed by atoms with Crippen molar-refractivity contribution < 1.29 is 126 Å². The molecule has 3 heterocycles.